The fourth-order valence-electron chi connectivity index (χ4n) is 1.76. The van der Waals surface area contributed by atoms with Gasteiger partial charge in [0.25, 0.3) is 0 Å². The Hall–Kier alpha value is -2.08. The summed E-state index contributed by atoms with van der Waals surface area (Å²) in [5.74, 6) is -0.460. The highest BCUT2D eigenvalue weighted by Gasteiger charge is 2.15. The summed E-state index contributed by atoms with van der Waals surface area (Å²) in [6, 6.07) is 3.81. The summed E-state index contributed by atoms with van der Waals surface area (Å²) >= 11 is 0. The van der Waals surface area contributed by atoms with Crippen LogP contribution in [-0.4, -0.2) is 53.5 Å². The molecule has 0 fully saturated rings. The van der Waals surface area contributed by atoms with E-state index in [0.29, 0.717) is 12.5 Å². The zero-order chi connectivity index (χ0) is 16.0. The third-order valence-corrected chi connectivity index (χ3v) is 2.82. The third kappa shape index (κ3) is 5.83. The number of ketones is 1. The lowest BCUT2D eigenvalue weighted by atomic mass is 10.1. The minimum atomic E-state index is -0.313. The summed E-state index contributed by atoms with van der Waals surface area (Å²) in [6.07, 6.45) is 0. The van der Waals surface area contributed by atoms with E-state index in [2.05, 4.69) is 5.32 Å². The number of amides is 1. The Morgan fingerprint density at radius 1 is 1.24 bits per heavy atom. The van der Waals surface area contributed by atoms with E-state index in [0.717, 1.165) is 6.07 Å². The molecule has 0 saturated heterocycles. The fourth-order valence-corrected chi connectivity index (χ4v) is 1.76. The zero-order valence-corrected chi connectivity index (χ0v) is 12.6. The number of carbonyl (C=O) groups excluding carboxylic acids is 2. The molecule has 0 aliphatic heterocycles. The van der Waals surface area contributed by atoms with Gasteiger partial charge in [-0.25, -0.2) is 0 Å². The predicted molar refractivity (Wildman–Crippen MR) is 79.4 cm³/mol. The van der Waals surface area contributed by atoms with E-state index in [-0.39, 0.29) is 41.8 Å². The lowest BCUT2D eigenvalue weighted by molar-refractivity contribution is -0.121. The first-order valence-electron chi connectivity index (χ1n) is 6.80. The largest absolute Gasteiger partial charge is 0.508 e. The van der Waals surface area contributed by atoms with Crippen LogP contribution < -0.4 is 5.32 Å². The molecule has 1 rings (SSSR count). The zero-order valence-electron chi connectivity index (χ0n) is 12.6. The van der Waals surface area contributed by atoms with E-state index < -0.39 is 0 Å². The number of nitrogens with zero attached hydrogens (tertiary/aromatic N) is 1. The van der Waals surface area contributed by atoms with Gasteiger partial charge in [-0.3, -0.25) is 14.5 Å². The van der Waals surface area contributed by atoms with Crippen molar-refractivity contribution in [2.45, 2.75) is 13.8 Å². The number of aromatic hydroxyl groups is 2. The van der Waals surface area contributed by atoms with E-state index in [1.165, 1.54) is 12.1 Å². The summed E-state index contributed by atoms with van der Waals surface area (Å²) < 4.78 is 0. The van der Waals surface area contributed by atoms with Crippen molar-refractivity contribution in [1.82, 2.24) is 10.2 Å². The molecule has 0 aliphatic carbocycles. The highest BCUT2D eigenvalue weighted by Crippen LogP contribution is 2.22. The summed E-state index contributed by atoms with van der Waals surface area (Å²) in [5.41, 5.74) is 0.127. The van der Waals surface area contributed by atoms with Crippen LogP contribution >= 0.6 is 0 Å². The van der Waals surface area contributed by atoms with Crippen molar-refractivity contribution >= 4 is 11.7 Å². The number of carbonyl (C=O) groups is 2. The van der Waals surface area contributed by atoms with Gasteiger partial charge in [-0.05, 0) is 25.1 Å². The van der Waals surface area contributed by atoms with Crippen LogP contribution in [0, 0.1) is 5.92 Å². The molecule has 0 aliphatic rings. The lowest BCUT2D eigenvalue weighted by Crippen LogP contribution is -2.38. The van der Waals surface area contributed by atoms with Crippen molar-refractivity contribution in [2.24, 2.45) is 5.92 Å². The number of hydrogen-bond acceptors (Lipinski definition) is 5. The second-order valence-corrected chi connectivity index (χ2v) is 5.49. The van der Waals surface area contributed by atoms with E-state index >= 15 is 0 Å². The molecule has 0 spiro atoms. The van der Waals surface area contributed by atoms with Gasteiger partial charge in [-0.15, -0.1) is 0 Å². The molecular formula is C15H22N2O4. The van der Waals surface area contributed by atoms with Crippen LogP contribution in [-0.2, 0) is 4.79 Å². The molecule has 0 radical (unpaired) electrons. The molecule has 0 saturated carbocycles. The second-order valence-electron chi connectivity index (χ2n) is 5.49. The smallest absolute Gasteiger partial charge is 0.234 e. The van der Waals surface area contributed by atoms with E-state index in [9.17, 15) is 19.8 Å². The number of hydrogen-bond donors (Lipinski definition) is 3. The van der Waals surface area contributed by atoms with Gasteiger partial charge in [0, 0.05) is 12.6 Å². The van der Waals surface area contributed by atoms with E-state index in [1.807, 2.05) is 13.8 Å². The highest BCUT2D eigenvalue weighted by molar-refractivity contribution is 6.00. The average Bonchev–Trinajstić information content (AvgIpc) is 2.35. The van der Waals surface area contributed by atoms with Crippen LogP contribution in [0.3, 0.4) is 0 Å². The minimum absolute atomic E-state index is 0.00737. The quantitative estimate of drug-likeness (QED) is 0.652. The molecule has 0 atom stereocenters. The van der Waals surface area contributed by atoms with E-state index in [4.69, 9.17) is 0 Å². The van der Waals surface area contributed by atoms with Crippen molar-refractivity contribution in [3.05, 3.63) is 23.8 Å². The lowest BCUT2D eigenvalue weighted by Gasteiger charge is -2.16. The van der Waals surface area contributed by atoms with Crippen molar-refractivity contribution in [3.8, 4) is 11.5 Å². The van der Waals surface area contributed by atoms with Crippen molar-refractivity contribution in [1.29, 1.82) is 0 Å². The van der Waals surface area contributed by atoms with Crippen LogP contribution in [0.25, 0.3) is 0 Å². The molecule has 1 aromatic rings. The molecule has 6 heteroatoms. The Labute approximate surface area is 124 Å². The summed E-state index contributed by atoms with van der Waals surface area (Å²) in [4.78, 5) is 25.2. The number of rotatable bonds is 7. The van der Waals surface area contributed by atoms with Crippen molar-refractivity contribution in [2.75, 3.05) is 26.7 Å². The number of likely N-dealkylation sites (N-methyl/N-ethyl adjacent to an activating group) is 1. The van der Waals surface area contributed by atoms with Gasteiger partial charge in [-0.2, -0.15) is 0 Å². The molecule has 0 unspecified atom stereocenters. The van der Waals surface area contributed by atoms with Gasteiger partial charge < -0.3 is 15.5 Å². The first-order chi connectivity index (χ1) is 9.79. The van der Waals surface area contributed by atoms with Gasteiger partial charge in [0.05, 0.1) is 18.7 Å². The van der Waals surface area contributed by atoms with Crippen LogP contribution in [0.1, 0.15) is 24.2 Å². The third-order valence-electron chi connectivity index (χ3n) is 2.82. The Morgan fingerprint density at radius 3 is 2.48 bits per heavy atom. The molecule has 1 amide bonds. The highest BCUT2D eigenvalue weighted by atomic mass is 16.3. The molecule has 0 heterocycles. The van der Waals surface area contributed by atoms with Crippen molar-refractivity contribution in [3.63, 3.8) is 0 Å². The Bertz CT molecular complexity index is 514. The first-order valence-corrected chi connectivity index (χ1v) is 6.80. The number of phenolic OH excluding ortho intramolecular Hbond substituents is 2. The topological polar surface area (TPSA) is 89.9 Å². The molecule has 0 aromatic heterocycles. The predicted octanol–water partition coefficient (Wildman–Crippen LogP) is 0.984. The van der Waals surface area contributed by atoms with Crippen LogP contribution in [0.2, 0.25) is 0 Å². The number of benzene rings is 1. The number of Topliss-reactive ketones (excluding diaryl/α,β-unsaturated/α-hetero) is 1. The van der Waals surface area contributed by atoms with Crippen molar-refractivity contribution < 1.29 is 19.8 Å². The molecule has 3 N–H and O–H groups in total. The maximum Gasteiger partial charge on any atom is 0.234 e. The van der Waals surface area contributed by atoms with Gasteiger partial charge in [0.2, 0.25) is 5.91 Å². The van der Waals surface area contributed by atoms with Gasteiger partial charge in [0.1, 0.15) is 11.5 Å². The maximum atomic E-state index is 12.0. The summed E-state index contributed by atoms with van der Waals surface area (Å²) in [5, 5.41) is 21.6. The minimum Gasteiger partial charge on any atom is -0.508 e. The van der Waals surface area contributed by atoms with Crippen LogP contribution in [0.15, 0.2) is 18.2 Å². The molecule has 6 nitrogen and oxygen atoms in total. The molecule has 1 aromatic carbocycles. The van der Waals surface area contributed by atoms with Gasteiger partial charge in [0.15, 0.2) is 5.78 Å². The summed E-state index contributed by atoms with van der Waals surface area (Å²) in [6.45, 7) is 4.71. The number of phenols is 2. The molecular weight excluding hydrogens is 272 g/mol. The Balaban J connectivity index is 2.52. The van der Waals surface area contributed by atoms with Crippen LogP contribution in [0.5, 0.6) is 11.5 Å². The van der Waals surface area contributed by atoms with Crippen LogP contribution in [0.4, 0.5) is 0 Å². The molecule has 116 valence electrons. The standard InChI is InChI=1S/C15H22N2O4/c1-10(2)7-16-15(21)9-17(3)8-14(20)12-5-4-11(18)6-13(12)19/h4-6,10,18-19H,7-9H2,1-3H3,(H,16,21). The van der Waals surface area contributed by atoms with Gasteiger partial charge >= 0.3 is 0 Å². The Morgan fingerprint density at radius 2 is 1.90 bits per heavy atom. The number of nitrogens with one attached hydrogen (secondary N) is 1. The SMILES string of the molecule is CC(C)CNC(=O)CN(C)CC(=O)c1ccc(O)cc1O. The Kier molecular flexibility index (Phi) is 6.17. The monoisotopic (exact) mass is 294 g/mol. The maximum absolute atomic E-state index is 12.0. The molecule has 0 bridgehead atoms. The first kappa shape index (κ1) is 17.0. The van der Waals surface area contributed by atoms with E-state index in [1.54, 1.807) is 11.9 Å². The normalized spacial score (nSPS) is 10.9. The molecule has 21 heavy (non-hydrogen) atoms. The van der Waals surface area contributed by atoms with Gasteiger partial charge in [-0.1, -0.05) is 13.8 Å². The average molecular weight is 294 g/mol. The second kappa shape index (κ2) is 7.64. The summed E-state index contributed by atoms with van der Waals surface area (Å²) in [7, 11) is 1.66. The fraction of sp³-hybridized carbons (Fsp3) is 0.467.